The average molecular weight is 525 g/mol. The molecule has 2 heterocycles. The molecule has 4 aromatic rings. The van der Waals surface area contributed by atoms with Gasteiger partial charge >= 0.3 is 0 Å². The number of halogens is 1. The van der Waals surface area contributed by atoms with E-state index in [0.717, 1.165) is 21.5 Å². The largest absolute Gasteiger partial charge is 0.497 e. The van der Waals surface area contributed by atoms with Crippen molar-refractivity contribution in [3.63, 3.8) is 0 Å². The lowest BCUT2D eigenvalue weighted by Crippen LogP contribution is -2.27. The number of nitrogens with zero attached hydrogens (tertiary/aromatic N) is 5. The molecule has 0 fully saturated rings. The maximum atomic E-state index is 13.0. The highest BCUT2D eigenvalue weighted by atomic mass is 79.9. The number of hydrogen-bond donors (Lipinski definition) is 1. The van der Waals surface area contributed by atoms with Crippen molar-refractivity contribution < 1.29 is 9.53 Å². The fourth-order valence-electron chi connectivity index (χ4n) is 3.12. The van der Waals surface area contributed by atoms with Crippen LogP contribution in [0.4, 0.5) is 0 Å². The van der Waals surface area contributed by atoms with E-state index >= 15 is 0 Å². The minimum Gasteiger partial charge on any atom is -0.497 e. The average Bonchev–Trinajstić information content (AvgIpc) is 3.28. The lowest BCUT2D eigenvalue weighted by Gasteiger charge is -2.09. The van der Waals surface area contributed by atoms with E-state index < -0.39 is 0 Å². The Morgan fingerprint density at radius 2 is 1.91 bits per heavy atom. The summed E-state index contributed by atoms with van der Waals surface area (Å²) < 4.78 is 7.89. The van der Waals surface area contributed by atoms with E-state index in [1.807, 2.05) is 48.5 Å². The molecule has 0 atom stereocenters. The number of rotatable bonds is 9. The van der Waals surface area contributed by atoms with Gasteiger partial charge in [-0.2, -0.15) is 0 Å². The molecule has 2 aromatic heterocycles. The number of hydrogen-bond acceptors (Lipinski definition) is 7. The summed E-state index contributed by atoms with van der Waals surface area (Å²) in [5.74, 6) is 0.954. The van der Waals surface area contributed by atoms with E-state index in [9.17, 15) is 4.79 Å². The molecule has 0 radical (unpaired) electrons. The standard InChI is InChI=1S/C23H21BrN6O2S/c1-32-19-5-2-4-16(14-19)10-13-25-22(31)21-20(15-33-23-26-11-3-12-27-23)30(29-28-21)18-8-6-17(24)7-9-18/h2-9,11-12,14H,10,13,15H2,1H3,(H,25,31). The van der Waals surface area contributed by atoms with Gasteiger partial charge in [0.25, 0.3) is 5.91 Å². The second-order valence-electron chi connectivity index (χ2n) is 6.95. The van der Waals surface area contributed by atoms with Crippen LogP contribution in [0.5, 0.6) is 5.75 Å². The summed E-state index contributed by atoms with van der Waals surface area (Å²) >= 11 is 4.87. The Balaban J connectivity index is 1.51. The summed E-state index contributed by atoms with van der Waals surface area (Å²) in [7, 11) is 1.63. The fourth-order valence-corrected chi connectivity index (χ4v) is 4.18. The first-order valence-electron chi connectivity index (χ1n) is 10.2. The van der Waals surface area contributed by atoms with Crippen LogP contribution in [-0.4, -0.2) is 44.5 Å². The zero-order valence-electron chi connectivity index (χ0n) is 17.8. The molecule has 0 aliphatic heterocycles. The van der Waals surface area contributed by atoms with Gasteiger partial charge in [0.05, 0.1) is 18.5 Å². The maximum Gasteiger partial charge on any atom is 0.273 e. The third-order valence-electron chi connectivity index (χ3n) is 4.76. The van der Waals surface area contributed by atoms with Crippen molar-refractivity contribution in [1.29, 1.82) is 0 Å². The molecule has 0 spiro atoms. The molecule has 0 unspecified atom stereocenters. The van der Waals surface area contributed by atoms with Crippen molar-refractivity contribution in [3.8, 4) is 11.4 Å². The van der Waals surface area contributed by atoms with Crippen LogP contribution in [0, 0.1) is 0 Å². The molecule has 4 rings (SSSR count). The van der Waals surface area contributed by atoms with Crippen LogP contribution in [0.2, 0.25) is 0 Å². The SMILES string of the molecule is COc1cccc(CCNC(=O)c2nnn(-c3ccc(Br)cc3)c2CSc2ncccn2)c1. The lowest BCUT2D eigenvalue weighted by atomic mass is 10.1. The quantitative estimate of drug-likeness (QED) is 0.260. The molecule has 0 aliphatic carbocycles. The topological polar surface area (TPSA) is 94.8 Å². The summed E-state index contributed by atoms with van der Waals surface area (Å²) in [4.78, 5) is 21.5. The van der Waals surface area contributed by atoms with Crippen molar-refractivity contribution in [2.45, 2.75) is 17.3 Å². The van der Waals surface area contributed by atoms with E-state index in [-0.39, 0.29) is 11.6 Å². The number of carbonyl (C=O) groups is 1. The number of amides is 1. The Morgan fingerprint density at radius 3 is 2.67 bits per heavy atom. The van der Waals surface area contributed by atoms with Crippen LogP contribution in [0.15, 0.2) is 76.6 Å². The van der Waals surface area contributed by atoms with Crippen LogP contribution in [0.1, 0.15) is 21.7 Å². The highest BCUT2D eigenvalue weighted by Gasteiger charge is 2.21. The zero-order chi connectivity index (χ0) is 23.0. The molecule has 0 saturated heterocycles. The Bertz CT molecular complexity index is 1220. The molecular formula is C23H21BrN6O2S. The molecule has 0 aliphatic rings. The molecule has 10 heteroatoms. The summed E-state index contributed by atoms with van der Waals surface area (Å²) in [6.45, 7) is 0.464. The summed E-state index contributed by atoms with van der Waals surface area (Å²) in [6, 6.07) is 17.2. The van der Waals surface area contributed by atoms with E-state index in [1.54, 1.807) is 30.3 Å². The molecule has 1 amide bonds. The van der Waals surface area contributed by atoms with E-state index in [0.29, 0.717) is 29.6 Å². The predicted molar refractivity (Wildman–Crippen MR) is 130 cm³/mol. The third-order valence-corrected chi connectivity index (χ3v) is 6.18. The number of nitrogens with one attached hydrogen (secondary N) is 1. The molecule has 33 heavy (non-hydrogen) atoms. The number of methoxy groups -OCH3 is 1. The molecule has 0 bridgehead atoms. The molecule has 0 saturated carbocycles. The normalized spacial score (nSPS) is 10.7. The predicted octanol–water partition coefficient (Wildman–Crippen LogP) is 4.09. The lowest BCUT2D eigenvalue weighted by molar-refractivity contribution is 0.0948. The minimum atomic E-state index is -0.272. The number of ether oxygens (including phenoxy) is 1. The van der Waals surface area contributed by atoms with Crippen molar-refractivity contribution in [2.75, 3.05) is 13.7 Å². The van der Waals surface area contributed by atoms with Crippen LogP contribution in [0.25, 0.3) is 5.69 Å². The molecule has 2 aromatic carbocycles. The first-order valence-corrected chi connectivity index (χ1v) is 11.9. The third kappa shape index (κ3) is 5.96. The molecule has 168 valence electrons. The summed E-state index contributed by atoms with van der Waals surface area (Å²) in [5.41, 5.74) is 2.84. The number of benzene rings is 2. The summed E-state index contributed by atoms with van der Waals surface area (Å²) in [6.07, 6.45) is 4.04. The van der Waals surface area contributed by atoms with Gasteiger partial charge < -0.3 is 10.1 Å². The first kappa shape index (κ1) is 22.9. The van der Waals surface area contributed by atoms with Crippen molar-refractivity contribution >= 4 is 33.6 Å². The van der Waals surface area contributed by atoms with Gasteiger partial charge in [0, 0.05) is 29.2 Å². The second-order valence-corrected chi connectivity index (χ2v) is 8.81. The van der Waals surface area contributed by atoms with Crippen LogP contribution in [-0.2, 0) is 12.2 Å². The fraction of sp³-hybridized carbons (Fsp3) is 0.174. The van der Waals surface area contributed by atoms with Gasteiger partial charge in [0.1, 0.15) is 5.75 Å². The van der Waals surface area contributed by atoms with Crippen molar-refractivity contribution in [1.82, 2.24) is 30.3 Å². The summed E-state index contributed by atoms with van der Waals surface area (Å²) in [5, 5.41) is 12.0. The van der Waals surface area contributed by atoms with Gasteiger partial charge in [-0.05, 0) is 54.4 Å². The Hall–Kier alpha value is -3.24. The Kier molecular flexibility index (Phi) is 7.69. The zero-order valence-corrected chi connectivity index (χ0v) is 20.2. The van der Waals surface area contributed by atoms with Gasteiger partial charge in [0.15, 0.2) is 10.9 Å². The van der Waals surface area contributed by atoms with Crippen molar-refractivity contribution in [2.24, 2.45) is 0 Å². The van der Waals surface area contributed by atoms with Gasteiger partial charge in [0.2, 0.25) is 0 Å². The monoisotopic (exact) mass is 524 g/mol. The highest BCUT2D eigenvalue weighted by Crippen LogP contribution is 2.23. The number of carbonyl (C=O) groups excluding carboxylic acids is 1. The van der Waals surface area contributed by atoms with Gasteiger partial charge in [-0.3, -0.25) is 4.79 Å². The van der Waals surface area contributed by atoms with Crippen molar-refractivity contribution in [3.05, 3.63) is 88.4 Å². The Morgan fingerprint density at radius 1 is 1.12 bits per heavy atom. The van der Waals surface area contributed by atoms with Crippen LogP contribution in [0.3, 0.4) is 0 Å². The van der Waals surface area contributed by atoms with Crippen LogP contribution < -0.4 is 10.1 Å². The first-order chi connectivity index (χ1) is 16.1. The smallest absolute Gasteiger partial charge is 0.273 e. The number of aromatic nitrogens is 5. The second kappa shape index (κ2) is 11.1. The van der Waals surface area contributed by atoms with Gasteiger partial charge in [-0.15, -0.1) is 5.10 Å². The highest BCUT2D eigenvalue weighted by molar-refractivity contribution is 9.10. The minimum absolute atomic E-state index is 0.272. The van der Waals surface area contributed by atoms with E-state index in [4.69, 9.17) is 4.74 Å². The van der Waals surface area contributed by atoms with Crippen LogP contribution >= 0.6 is 27.7 Å². The van der Waals surface area contributed by atoms with Gasteiger partial charge in [-0.25, -0.2) is 14.6 Å². The van der Waals surface area contributed by atoms with E-state index in [1.165, 1.54) is 11.8 Å². The molecular weight excluding hydrogens is 504 g/mol. The van der Waals surface area contributed by atoms with Gasteiger partial charge in [-0.1, -0.05) is 45.0 Å². The number of thioether (sulfide) groups is 1. The maximum absolute atomic E-state index is 13.0. The Labute approximate surface area is 203 Å². The van der Waals surface area contributed by atoms with E-state index in [2.05, 4.69) is 41.5 Å². The molecule has 8 nitrogen and oxygen atoms in total. The molecule has 1 N–H and O–H groups in total.